The molecule has 2 N–H and O–H groups in total. The van der Waals surface area contributed by atoms with Crippen LogP contribution in [-0.2, 0) is 20.7 Å². The number of carbonyl (C=O) groups is 3. The summed E-state index contributed by atoms with van der Waals surface area (Å²) in [6.07, 6.45) is 1.74. The lowest BCUT2D eigenvalue weighted by atomic mass is 10.0. The molecule has 2 aromatic heterocycles. The molecule has 0 saturated carbocycles. The van der Waals surface area contributed by atoms with Crippen LogP contribution in [0, 0.1) is 0 Å². The van der Waals surface area contributed by atoms with E-state index in [2.05, 4.69) is 10.3 Å². The van der Waals surface area contributed by atoms with Crippen LogP contribution < -0.4 is 5.32 Å². The summed E-state index contributed by atoms with van der Waals surface area (Å²) in [6, 6.07) is 16.2. The quantitative estimate of drug-likeness (QED) is 0.215. The molecule has 4 aromatic rings. The fraction of sp³-hybridized carbons (Fsp3) is 0.241. The third-order valence-electron chi connectivity index (χ3n) is 5.97. The molecule has 0 aliphatic rings. The SMILES string of the molecule is CCCCOC(=O)c1cc(C(=O)N[C@@H](Cc2ccc(O)cc2)C(=O)OC)nc2ccc(-c3cccs3)cc12. The molecule has 0 unspecified atom stereocenters. The second-order valence-electron chi connectivity index (χ2n) is 8.67. The number of unbranched alkanes of at least 4 members (excludes halogenated alkanes) is 1. The summed E-state index contributed by atoms with van der Waals surface area (Å²) in [5.41, 5.74) is 2.29. The number of esters is 2. The zero-order chi connectivity index (χ0) is 27.1. The second kappa shape index (κ2) is 12.3. The van der Waals surface area contributed by atoms with Crippen LogP contribution in [0.3, 0.4) is 0 Å². The lowest BCUT2D eigenvalue weighted by Gasteiger charge is -2.17. The van der Waals surface area contributed by atoms with E-state index in [1.807, 2.05) is 36.6 Å². The molecule has 8 nitrogen and oxygen atoms in total. The third-order valence-corrected chi connectivity index (χ3v) is 6.88. The average molecular weight is 533 g/mol. The van der Waals surface area contributed by atoms with E-state index in [1.165, 1.54) is 25.3 Å². The Bertz CT molecular complexity index is 1430. The summed E-state index contributed by atoms with van der Waals surface area (Å²) in [5.74, 6) is -1.72. The van der Waals surface area contributed by atoms with Gasteiger partial charge >= 0.3 is 11.9 Å². The summed E-state index contributed by atoms with van der Waals surface area (Å²) < 4.78 is 10.4. The number of rotatable bonds is 10. The molecule has 38 heavy (non-hydrogen) atoms. The number of pyridine rings is 1. The highest BCUT2D eigenvalue weighted by Crippen LogP contribution is 2.30. The van der Waals surface area contributed by atoms with Crippen molar-refractivity contribution in [3.8, 4) is 16.2 Å². The molecule has 0 saturated heterocycles. The number of hydrogen-bond acceptors (Lipinski definition) is 8. The molecular weight excluding hydrogens is 504 g/mol. The maximum Gasteiger partial charge on any atom is 0.338 e. The highest BCUT2D eigenvalue weighted by Gasteiger charge is 2.25. The monoisotopic (exact) mass is 532 g/mol. The topological polar surface area (TPSA) is 115 Å². The molecule has 0 radical (unpaired) electrons. The largest absolute Gasteiger partial charge is 0.508 e. The van der Waals surface area contributed by atoms with Gasteiger partial charge in [0.2, 0.25) is 0 Å². The van der Waals surface area contributed by atoms with Crippen molar-refractivity contribution in [2.75, 3.05) is 13.7 Å². The number of nitrogens with one attached hydrogen (secondary N) is 1. The first-order valence-electron chi connectivity index (χ1n) is 12.2. The number of carbonyl (C=O) groups excluding carboxylic acids is 3. The predicted molar refractivity (Wildman–Crippen MR) is 145 cm³/mol. The Morgan fingerprint density at radius 2 is 1.87 bits per heavy atom. The molecule has 0 fully saturated rings. The summed E-state index contributed by atoms with van der Waals surface area (Å²) in [6.45, 7) is 2.27. The van der Waals surface area contributed by atoms with Crippen LogP contribution in [0.25, 0.3) is 21.3 Å². The van der Waals surface area contributed by atoms with E-state index < -0.39 is 23.9 Å². The first-order chi connectivity index (χ1) is 18.4. The number of phenolic OH excluding ortho intramolecular Hbond substituents is 1. The number of aromatic hydroxyl groups is 1. The van der Waals surface area contributed by atoms with E-state index in [-0.39, 0.29) is 30.0 Å². The molecular formula is C29H28N2O6S. The van der Waals surface area contributed by atoms with E-state index >= 15 is 0 Å². The van der Waals surface area contributed by atoms with Gasteiger partial charge in [-0.15, -0.1) is 11.3 Å². The zero-order valence-corrected chi connectivity index (χ0v) is 21.9. The number of benzene rings is 2. The van der Waals surface area contributed by atoms with E-state index in [9.17, 15) is 19.5 Å². The molecule has 0 bridgehead atoms. The summed E-state index contributed by atoms with van der Waals surface area (Å²) in [4.78, 5) is 44.3. The van der Waals surface area contributed by atoms with Gasteiger partial charge in [0.1, 0.15) is 17.5 Å². The Hall–Kier alpha value is -4.24. The number of phenols is 1. The molecule has 1 atom stereocenters. The second-order valence-corrected chi connectivity index (χ2v) is 9.62. The Morgan fingerprint density at radius 1 is 1.08 bits per heavy atom. The lowest BCUT2D eigenvalue weighted by Crippen LogP contribution is -2.43. The van der Waals surface area contributed by atoms with E-state index in [0.717, 1.165) is 23.3 Å². The van der Waals surface area contributed by atoms with Crippen LogP contribution >= 0.6 is 11.3 Å². The molecule has 196 valence electrons. The van der Waals surface area contributed by atoms with E-state index in [1.54, 1.807) is 29.5 Å². The third kappa shape index (κ3) is 6.36. The van der Waals surface area contributed by atoms with Gasteiger partial charge in [-0.3, -0.25) is 4.79 Å². The molecule has 2 aromatic carbocycles. The lowest BCUT2D eigenvalue weighted by molar-refractivity contribution is -0.142. The number of nitrogens with zero attached hydrogens (tertiary/aromatic N) is 1. The van der Waals surface area contributed by atoms with Gasteiger partial charge in [0.25, 0.3) is 5.91 Å². The van der Waals surface area contributed by atoms with Crippen LogP contribution in [0.2, 0.25) is 0 Å². The van der Waals surface area contributed by atoms with Crippen molar-refractivity contribution in [1.82, 2.24) is 10.3 Å². The van der Waals surface area contributed by atoms with Gasteiger partial charge in [-0.2, -0.15) is 0 Å². The highest BCUT2D eigenvalue weighted by atomic mass is 32.1. The molecule has 1 amide bonds. The molecule has 2 heterocycles. The van der Waals surface area contributed by atoms with Crippen molar-refractivity contribution in [3.63, 3.8) is 0 Å². The minimum Gasteiger partial charge on any atom is -0.508 e. The van der Waals surface area contributed by atoms with Crippen LogP contribution in [0.5, 0.6) is 5.75 Å². The number of hydrogen-bond donors (Lipinski definition) is 2. The van der Waals surface area contributed by atoms with E-state index in [4.69, 9.17) is 9.47 Å². The summed E-state index contributed by atoms with van der Waals surface area (Å²) >= 11 is 1.58. The van der Waals surface area contributed by atoms with Crippen molar-refractivity contribution in [2.24, 2.45) is 0 Å². The zero-order valence-electron chi connectivity index (χ0n) is 21.1. The number of thiophene rings is 1. The minimum atomic E-state index is -1.00. The minimum absolute atomic E-state index is 0.0246. The maximum absolute atomic E-state index is 13.3. The van der Waals surface area contributed by atoms with Crippen molar-refractivity contribution < 1.29 is 29.0 Å². The Labute approximate surface area is 224 Å². The van der Waals surface area contributed by atoms with Crippen molar-refractivity contribution >= 4 is 40.1 Å². The van der Waals surface area contributed by atoms with E-state index in [0.29, 0.717) is 16.5 Å². The van der Waals surface area contributed by atoms with Gasteiger partial charge in [-0.05, 0) is 59.3 Å². The Kier molecular flexibility index (Phi) is 8.70. The first-order valence-corrected chi connectivity index (χ1v) is 13.1. The van der Waals surface area contributed by atoms with Gasteiger partial charge in [-0.25, -0.2) is 14.6 Å². The van der Waals surface area contributed by atoms with Crippen LogP contribution in [-0.4, -0.2) is 47.7 Å². The van der Waals surface area contributed by atoms with Crippen LogP contribution in [0.15, 0.2) is 66.0 Å². The van der Waals surface area contributed by atoms with Crippen molar-refractivity contribution in [3.05, 3.63) is 82.9 Å². The number of aromatic nitrogens is 1. The molecule has 4 rings (SSSR count). The molecule has 9 heteroatoms. The Morgan fingerprint density at radius 3 is 2.55 bits per heavy atom. The number of fused-ring (bicyclic) bond motifs is 1. The average Bonchev–Trinajstić information content (AvgIpc) is 3.47. The summed E-state index contributed by atoms with van der Waals surface area (Å²) in [7, 11) is 1.24. The van der Waals surface area contributed by atoms with Crippen molar-refractivity contribution in [2.45, 2.75) is 32.2 Å². The molecule has 0 aliphatic heterocycles. The normalized spacial score (nSPS) is 11.6. The maximum atomic E-state index is 13.3. The molecule has 0 aliphatic carbocycles. The van der Waals surface area contributed by atoms with Crippen LogP contribution in [0.4, 0.5) is 0 Å². The van der Waals surface area contributed by atoms with Crippen molar-refractivity contribution in [1.29, 1.82) is 0 Å². The van der Waals surface area contributed by atoms with Crippen LogP contribution in [0.1, 0.15) is 46.2 Å². The van der Waals surface area contributed by atoms with Gasteiger partial charge < -0.3 is 19.9 Å². The van der Waals surface area contributed by atoms with Gasteiger partial charge in [0, 0.05) is 16.7 Å². The highest BCUT2D eigenvalue weighted by molar-refractivity contribution is 7.13. The standard InChI is InChI=1S/C29H28N2O6S/c1-3-4-13-37-28(34)22-17-24(30-23-12-9-19(16-21(22)23)26-6-5-14-38-26)27(33)31-25(29(35)36-2)15-18-7-10-20(32)11-8-18/h5-12,14,16-17,25,32H,3-4,13,15H2,1-2H3,(H,31,33)/t25-/m0/s1. The fourth-order valence-electron chi connectivity index (χ4n) is 3.93. The fourth-order valence-corrected chi connectivity index (χ4v) is 4.65. The Balaban J connectivity index is 1.68. The number of ether oxygens (including phenoxy) is 2. The van der Waals surface area contributed by atoms with Gasteiger partial charge in [0.15, 0.2) is 0 Å². The predicted octanol–water partition coefficient (Wildman–Crippen LogP) is 5.14. The smallest absolute Gasteiger partial charge is 0.338 e. The first kappa shape index (κ1) is 26.8. The van der Waals surface area contributed by atoms with Gasteiger partial charge in [0.05, 0.1) is 24.8 Å². The number of amides is 1. The van der Waals surface area contributed by atoms with Gasteiger partial charge in [-0.1, -0.05) is 37.6 Å². The molecule has 0 spiro atoms. The summed E-state index contributed by atoms with van der Waals surface area (Å²) in [5, 5.41) is 14.7. The number of methoxy groups -OCH3 is 1.